The van der Waals surface area contributed by atoms with Crippen molar-refractivity contribution in [3.05, 3.63) is 0 Å². The van der Waals surface area contributed by atoms with Crippen LogP contribution in [-0.4, -0.2) is 153 Å². The summed E-state index contributed by atoms with van der Waals surface area (Å²) in [7, 11) is 0. The smallest absolute Gasteiger partial charge is 0.240 e. The van der Waals surface area contributed by atoms with Gasteiger partial charge in [-0.25, -0.2) is 0 Å². The Morgan fingerprint density at radius 2 is 0.750 bits per heavy atom. The van der Waals surface area contributed by atoms with Crippen LogP contribution < -0.4 is 22.1 Å². The average molecular weight is 1470 g/mol. The number of nitrogens with one attached hydrogen (secondary N) is 2. The number of Topliss-reactive ketones (excluding diaryl/α,β-unsaturated/α-hetero) is 7. The van der Waals surface area contributed by atoms with Crippen LogP contribution in [0.1, 0.15) is 313 Å². The minimum absolute atomic E-state index is 0.0189. The van der Waals surface area contributed by atoms with E-state index >= 15 is 0 Å². The minimum Gasteiger partial charge on any atom is -0.368 e. The van der Waals surface area contributed by atoms with Gasteiger partial charge in [0.25, 0.3) is 0 Å². The first kappa shape index (κ1) is 84.4. The number of amides is 6. The van der Waals surface area contributed by atoms with Gasteiger partial charge in [-0.2, -0.15) is 12.6 Å². The van der Waals surface area contributed by atoms with Crippen molar-refractivity contribution in [3.63, 3.8) is 0 Å². The molecule has 21 heteroatoms. The van der Waals surface area contributed by atoms with E-state index in [0.717, 1.165) is 217 Å². The van der Waals surface area contributed by atoms with Gasteiger partial charge in [0, 0.05) is 110 Å². The molecule has 0 aromatic carbocycles. The highest BCUT2D eigenvalue weighted by Crippen LogP contribution is 2.54. The third-order valence-electron chi connectivity index (χ3n) is 28.3. The van der Waals surface area contributed by atoms with Crippen LogP contribution in [0, 0.1) is 67.5 Å². The number of β-lactam (4-membered cyclic amide) rings is 3. The fourth-order valence-corrected chi connectivity index (χ4v) is 20.0. The van der Waals surface area contributed by atoms with Gasteiger partial charge < -0.3 is 41.6 Å². The first-order valence-corrected chi connectivity index (χ1v) is 41.4. The van der Waals surface area contributed by atoms with Gasteiger partial charge >= 0.3 is 0 Å². The van der Waals surface area contributed by atoms with Gasteiger partial charge in [-0.05, 0) is 256 Å². The van der Waals surface area contributed by atoms with E-state index in [4.69, 9.17) is 11.5 Å². The summed E-state index contributed by atoms with van der Waals surface area (Å²) in [5.41, 5.74) is 11.1. The fourth-order valence-electron chi connectivity index (χ4n) is 19.5. The zero-order chi connectivity index (χ0) is 76.3. The number of carbonyl (C=O) groups excluding carboxylic acids is 13. The van der Waals surface area contributed by atoms with Crippen molar-refractivity contribution in [2.24, 2.45) is 79.0 Å². The van der Waals surface area contributed by atoms with Crippen LogP contribution in [0.5, 0.6) is 0 Å². The summed E-state index contributed by atoms with van der Waals surface area (Å²) < 4.78 is 0. The Labute approximate surface area is 627 Å². The molecule has 11 saturated carbocycles. The monoisotopic (exact) mass is 1470 g/mol. The van der Waals surface area contributed by atoms with Gasteiger partial charge in [0.2, 0.25) is 35.4 Å². The maximum absolute atomic E-state index is 12.5. The number of nitrogens with two attached hydrogens (primary N) is 2. The molecule has 0 radical (unpaired) electrons. The number of thiol groups is 1. The molecule has 3 saturated heterocycles. The Hall–Kier alpha value is -5.18. The lowest BCUT2D eigenvalue weighted by molar-refractivity contribution is -0.171. The van der Waals surface area contributed by atoms with Gasteiger partial charge in [-0.15, -0.1) is 0 Å². The fraction of sp³-hybridized carbons (Fsp3) is 0.843. The molecule has 3 heterocycles. The van der Waals surface area contributed by atoms with Crippen LogP contribution in [0.25, 0.3) is 0 Å². The number of nitrogens with zero attached hydrogens (tertiary/aromatic N) is 3. The lowest BCUT2D eigenvalue weighted by atomic mass is 9.58. The number of hydrogen-bond acceptors (Lipinski definition) is 15. The summed E-state index contributed by atoms with van der Waals surface area (Å²) in [6, 6.07) is 0.0571. The molecule has 14 aliphatic rings. The second kappa shape index (κ2) is 35.9. The molecule has 20 nitrogen and oxygen atoms in total. The minimum atomic E-state index is -0.614. The molecule has 14 rings (SSSR count). The summed E-state index contributed by atoms with van der Waals surface area (Å²) in [4.78, 5) is 155. The number of rotatable bonds is 13. The van der Waals surface area contributed by atoms with E-state index in [1.807, 2.05) is 13.8 Å². The Morgan fingerprint density at radius 3 is 1.01 bits per heavy atom. The van der Waals surface area contributed by atoms with Crippen LogP contribution in [0.3, 0.4) is 0 Å². The second-order valence-electron chi connectivity index (χ2n) is 36.3. The van der Waals surface area contributed by atoms with Gasteiger partial charge in [-0.1, -0.05) is 41.5 Å². The first-order chi connectivity index (χ1) is 49.0. The highest BCUT2D eigenvalue weighted by molar-refractivity contribution is 7.80. The standard InChI is InChI=1S/C15H24N2O3.C13H21NO2S.C13H21NO2.C12H19NO2.C11H17NO2.C10H16O.C9H15NO/c1-10-5-7-15(8-6-10)9-17(14(15)20)12(13(16)19)4-3-11(2)18;1-9-3-5-13(6-4-9)8-14(12(13)16)11(7-17)10(2)15;1-9(2)12(16)14-10-3-6-13(7-4-10)8-5-11(13)15;1-9-3-5-12(6-4-9)8-13(11(12)15)7-10(2)14;1-8(13)12-9-2-5-11(6-3-9)7-4-10(11)14;1-8-2-5-10(6-3-8)7-4-9(10)11;10-7-1-4-9(5-2-7)6-3-8(9)11/h10,12H,3-9H2,1-2H3,(H2,16,19);9,11,17H,3-8H2,1-2H3;9-10H,3-8H2,1-2H3,(H,14,16);9H,3-8H2,1-2H3;9H,2-7H2,1H3,(H,12,13);8H,2-7H2,1H3;7H,1-6,10H2. The highest BCUT2D eigenvalue weighted by Gasteiger charge is 2.58. The molecular formula is C83H133N7O13S. The SMILES string of the molecule is CC(=O)C(CS)N1CC2(CCC(C)CC2)C1=O.CC(=O)CCC(C(N)=O)N1CC2(CCC(C)CC2)C1=O.CC(=O)CN1CC2(CCC(C)CC2)C1=O.CC(=O)NC1CCC2(CCC2=O)CC1.CC(C)C(=O)NC1CCC2(CCC2=O)CC1.CC1CCC2(CCC2=O)CC1.NC1CCC2(CCC2=O)CC1. The maximum Gasteiger partial charge on any atom is 0.240 e. The molecule has 6 amide bonds. The molecule has 7 spiro atoms. The predicted octanol–water partition coefficient (Wildman–Crippen LogP) is 12.0. The van der Waals surface area contributed by atoms with Gasteiger partial charge in [-0.3, -0.25) is 57.5 Å². The zero-order valence-electron chi connectivity index (χ0n) is 65.4. The molecule has 584 valence electrons. The van der Waals surface area contributed by atoms with E-state index in [2.05, 4.69) is 51.0 Å². The molecule has 14 fully saturated rings. The molecule has 11 aliphatic carbocycles. The summed E-state index contributed by atoms with van der Waals surface area (Å²) >= 11 is 4.17. The number of primary amides is 1. The molecule has 3 aliphatic heterocycles. The average Bonchev–Trinajstić information content (AvgIpc) is 0.741. The molecule has 104 heavy (non-hydrogen) atoms. The number of carbonyl (C=O) groups is 13. The van der Waals surface area contributed by atoms with Crippen molar-refractivity contribution in [2.75, 3.05) is 31.9 Å². The van der Waals surface area contributed by atoms with E-state index in [1.54, 1.807) is 35.5 Å². The van der Waals surface area contributed by atoms with Crippen LogP contribution in [0.15, 0.2) is 0 Å². The predicted molar refractivity (Wildman–Crippen MR) is 404 cm³/mol. The quantitative estimate of drug-likeness (QED) is 0.0846. The van der Waals surface area contributed by atoms with E-state index in [-0.39, 0.29) is 96.8 Å². The van der Waals surface area contributed by atoms with E-state index in [1.165, 1.54) is 51.9 Å². The maximum atomic E-state index is 12.5. The summed E-state index contributed by atoms with van der Waals surface area (Å²) in [6.07, 6.45) is 38.1. The Bertz CT molecular complexity index is 3060. The lowest BCUT2D eigenvalue weighted by Crippen LogP contribution is -2.67. The normalized spacial score (nSPS) is 36.2. The van der Waals surface area contributed by atoms with Crippen LogP contribution in [-0.2, 0) is 62.3 Å². The lowest BCUT2D eigenvalue weighted by Gasteiger charge is -2.53. The number of likely N-dealkylation sites (tertiary alicyclic amines) is 3. The Balaban J connectivity index is 0.000000155. The van der Waals surface area contributed by atoms with E-state index < -0.39 is 11.9 Å². The molecule has 0 bridgehead atoms. The Kier molecular flexibility index (Phi) is 29.1. The van der Waals surface area contributed by atoms with Crippen LogP contribution >= 0.6 is 12.6 Å². The van der Waals surface area contributed by atoms with Crippen molar-refractivity contribution in [1.82, 2.24) is 25.3 Å². The third-order valence-corrected chi connectivity index (χ3v) is 28.6. The largest absolute Gasteiger partial charge is 0.368 e. The van der Waals surface area contributed by atoms with Gasteiger partial charge in [0.15, 0.2) is 5.78 Å². The number of ketones is 7. The molecule has 2 unspecified atom stereocenters. The van der Waals surface area contributed by atoms with Crippen molar-refractivity contribution in [1.29, 1.82) is 0 Å². The van der Waals surface area contributed by atoms with Crippen LogP contribution in [0.4, 0.5) is 0 Å². The second-order valence-corrected chi connectivity index (χ2v) is 36.7. The van der Waals surface area contributed by atoms with Crippen molar-refractivity contribution >= 4 is 88.6 Å². The summed E-state index contributed by atoms with van der Waals surface area (Å²) in [5.74, 6) is 5.87. The first-order valence-electron chi connectivity index (χ1n) is 40.8. The van der Waals surface area contributed by atoms with Gasteiger partial charge in [0.05, 0.1) is 28.8 Å². The summed E-state index contributed by atoms with van der Waals surface area (Å²) in [6.45, 7) is 21.5. The third kappa shape index (κ3) is 20.0. The van der Waals surface area contributed by atoms with Gasteiger partial charge in [0.1, 0.15) is 40.7 Å². The molecule has 0 aromatic heterocycles. The molecule has 2 atom stereocenters. The van der Waals surface area contributed by atoms with Crippen molar-refractivity contribution < 1.29 is 62.3 Å². The van der Waals surface area contributed by atoms with E-state index in [0.29, 0.717) is 78.9 Å². The van der Waals surface area contributed by atoms with Crippen LogP contribution in [0.2, 0.25) is 0 Å². The topological polar surface area (TPSA) is 308 Å². The molecule has 0 aromatic rings. The summed E-state index contributed by atoms with van der Waals surface area (Å²) in [5, 5.41) is 6.00. The number of hydrogen-bond donors (Lipinski definition) is 5. The zero-order valence-corrected chi connectivity index (χ0v) is 66.3. The Morgan fingerprint density at radius 1 is 0.433 bits per heavy atom. The van der Waals surface area contributed by atoms with Crippen molar-refractivity contribution in [2.45, 2.75) is 343 Å². The van der Waals surface area contributed by atoms with Crippen molar-refractivity contribution in [3.8, 4) is 0 Å². The molecular weight excluding hydrogens is 1340 g/mol. The molecule has 6 N–H and O–H groups in total. The van der Waals surface area contributed by atoms with E-state index in [9.17, 15) is 62.3 Å². The highest BCUT2D eigenvalue weighted by atomic mass is 32.1.